The zero-order valence-electron chi connectivity index (χ0n) is 14.7. The SMILES string of the molecule is COc1ccc(NC(=S)N/N=C(/C)CCc2ccccc2)cc1OC. The Morgan fingerprint density at radius 2 is 1.76 bits per heavy atom. The molecule has 2 aromatic carbocycles. The third-order valence-electron chi connectivity index (χ3n) is 3.61. The number of hydrazone groups is 1. The molecule has 0 saturated heterocycles. The van der Waals surface area contributed by atoms with Crippen molar-refractivity contribution in [1.82, 2.24) is 5.43 Å². The van der Waals surface area contributed by atoms with Crippen LogP contribution in [0.3, 0.4) is 0 Å². The van der Waals surface area contributed by atoms with Crippen LogP contribution in [0.1, 0.15) is 18.9 Å². The first kappa shape index (κ1) is 18.7. The number of aryl methyl sites for hydroxylation is 1. The summed E-state index contributed by atoms with van der Waals surface area (Å²) in [4.78, 5) is 0. The minimum absolute atomic E-state index is 0.422. The summed E-state index contributed by atoms with van der Waals surface area (Å²) in [6, 6.07) is 15.8. The number of methoxy groups -OCH3 is 2. The predicted molar refractivity (Wildman–Crippen MR) is 107 cm³/mol. The summed E-state index contributed by atoms with van der Waals surface area (Å²) in [6.45, 7) is 1.98. The van der Waals surface area contributed by atoms with E-state index >= 15 is 0 Å². The van der Waals surface area contributed by atoms with Crippen molar-refractivity contribution in [2.24, 2.45) is 5.10 Å². The molecule has 6 heteroatoms. The molecular weight excluding hydrogens is 334 g/mol. The van der Waals surface area contributed by atoms with Gasteiger partial charge in [0.2, 0.25) is 0 Å². The van der Waals surface area contributed by atoms with Gasteiger partial charge in [-0.1, -0.05) is 30.3 Å². The van der Waals surface area contributed by atoms with Crippen LogP contribution in [0.2, 0.25) is 0 Å². The number of benzene rings is 2. The Balaban J connectivity index is 1.85. The maximum absolute atomic E-state index is 5.27. The minimum atomic E-state index is 0.422. The number of rotatable bonds is 7. The molecule has 0 spiro atoms. The fraction of sp³-hybridized carbons (Fsp3) is 0.263. The molecule has 2 rings (SSSR count). The monoisotopic (exact) mass is 357 g/mol. The van der Waals surface area contributed by atoms with Gasteiger partial charge in [-0.25, -0.2) is 0 Å². The standard InChI is InChI=1S/C19H23N3O2S/c1-14(9-10-15-7-5-4-6-8-15)21-22-19(25)20-16-11-12-17(23-2)18(13-16)24-3/h4-8,11-13H,9-10H2,1-3H3,(H2,20,22,25)/b21-14-. The molecule has 0 aliphatic heterocycles. The molecule has 2 N–H and O–H groups in total. The van der Waals surface area contributed by atoms with Gasteiger partial charge in [-0.15, -0.1) is 0 Å². The molecule has 0 radical (unpaired) electrons. The Kier molecular flexibility index (Phi) is 7.22. The van der Waals surface area contributed by atoms with Gasteiger partial charge in [0.1, 0.15) is 0 Å². The van der Waals surface area contributed by atoms with Crippen LogP contribution in [-0.4, -0.2) is 25.0 Å². The third kappa shape index (κ3) is 6.08. The molecule has 2 aromatic rings. The summed E-state index contributed by atoms with van der Waals surface area (Å²) in [7, 11) is 3.20. The lowest BCUT2D eigenvalue weighted by Gasteiger charge is -2.11. The Morgan fingerprint density at radius 1 is 1.04 bits per heavy atom. The zero-order valence-corrected chi connectivity index (χ0v) is 15.5. The van der Waals surface area contributed by atoms with Gasteiger partial charge in [0, 0.05) is 17.5 Å². The topological polar surface area (TPSA) is 54.9 Å². The van der Waals surface area contributed by atoms with Crippen molar-refractivity contribution in [1.29, 1.82) is 0 Å². The number of anilines is 1. The van der Waals surface area contributed by atoms with E-state index in [9.17, 15) is 0 Å². The molecule has 25 heavy (non-hydrogen) atoms. The summed E-state index contributed by atoms with van der Waals surface area (Å²) >= 11 is 5.27. The molecule has 0 saturated carbocycles. The second kappa shape index (κ2) is 9.64. The molecule has 0 fully saturated rings. The number of hydrogen-bond acceptors (Lipinski definition) is 4. The van der Waals surface area contributed by atoms with Crippen molar-refractivity contribution in [2.45, 2.75) is 19.8 Å². The van der Waals surface area contributed by atoms with E-state index in [1.54, 1.807) is 14.2 Å². The van der Waals surface area contributed by atoms with Gasteiger partial charge in [0.15, 0.2) is 16.6 Å². The van der Waals surface area contributed by atoms with E-state index in [2.05, 4.69) is 28.0 Å². The maximum atomic E-state index is 5.27. The second-order valence-electron chi connectivity index (χ2n) is 5.47. The van der Waals surface area contributed by atoms with Gasteiger partial charge in [-0.05, 0) is 49.7 Å². The van der Waals surface area contributed by atoms with Gasteiger partial charge in [0.25, 0.3) is 0 Å². The fourth-order valence-corrected chi connectivity index (χ4v) is 2.41. The van der Waals surface area contributed by atoms with Crippen LogP contribution in [0.15, 0.2) is 53.6 Å². The quantitative estimate of drug-likeness (QED) is 0.446. The Hall–Kier alpha value is -2.60. The van der Waals surface area contributed by atoms with E-state index in [-0.39, 0.29) is 0 Å². The van der Waals surface area contributed by atoms with Gasteiger partial charge in [0.05, 0.1) is 14.2 Å². The minimum Gasteiger partial charge on any atom is -0.493 e. The predicted octanol–water partition coefficient (Wildman–Crippen LogP) is 4.00. The van der Waals surface area contributed by atoms with E-state index in [0.717, 1.165) is 24.2 Å². The highest BCUT2D eigenvalue weighted by molar-refractivity contribution is 7.80. The van der Waals surface area contributed by atoms with Crippen LogP contribution in [0, 0.1) is 0 Å². The average molecular weight is 357 g/mol. The molecule has 0 heterocycles. The molecule has 0 bridgehead atoms. The summed E-state index contributed by atoms with van der Waals surface area (Å²) in [5.74, 6) is 1.31. The van der Waals surface area contributed by atoms with Crippen molar-refractivity contribution in [3.05, 3.63) is 54.1 Å². The van der Waals surface area contributed by atoms with Gasteiger partial charge < -0.3 is 14.8 Å². The van der Waals surface area contributed by atoms with Crippen molar-refractivity contribution in [3.8, 4) is 11.5 Å². The van der Waals surface area contributed by atoms with Crippen LogP contribution in [0.5, 0.6) is 11.5 Å². The van der Waals surface area contributed by atoms with Crippen molar-refractivity contribution in [3.63, 3.8) is 0 Å². The number of hydrogen-bond donors (Lipinski definition) is 2. The normalized spacial score (nSPS) is 10.9. The molecule has 0 aliphatic rings. The van der Waals surface area contributed by atoms with Gasteiger partial charge in [-0.3, -0.25) is 5.43 Å². The van der Waals surface area contributed by atoms with Crippen LogP contribution in [-0.2, 0) is 6.42 Å². The first-order chi connectivity index (χ1) is 12.1. The lowest BCUT2D eigenvalue weighted by Crippen LogP contribution is -2.24. The van der Waals surface area contributed by atoms with E-state index in [1.165, 1.54) is 5.56 Å². The highest BCUT2D eigenvalue weighted by atomic mass is 32.1. The first-order valence-electron chi connectivity index (χ1n) is 7.98. The average Bonchev–Trinajstić information content (AvgIpc) is 2.65. The Bertz CT molecular complexity index is 733. The van der Waals surface area contributed by atoms with Crippen LogP contribution < -0.4 is 20.2 Å². The highest BCUT2D eigenvalue weighted by Crippen LogP contribution is 2.29. The molecule has 5 nitrogen and oxygen atoms in total. The number of nitrogens with zero attached hydrogens (tertiary/aromatic N) is 1. The fourth-order valence-electron chi connectivity index (χ4n) is 2.25. The summed E-state index contributed by atoms with van der Waals surface area (Å²) in [6.07, 6.45) is 1.82. The van der Waals surface area contributed by atoms with E-state index in [1.807, 2.05) is 43.3 Å². The molecular formula is C19H23N3O2S. The summed E-state index contributed by atoms with van der Waals surface area (Å²) in [5, 5.41) is 7.82. The van der Waals surface area contributed by atoms with E-state index in [4.69, 9.17) is 21.7 Å². The smallest absolute Gasteiger partial charge is 0.191 e. The lowest BCUT2D eigenvalue weighted by atomic mass is 10.1. The zero-order chi connectivity index (χ0) is 18.1. The van der Waals surface area contributed by atoms with E-state index in [0.29, 0.717) is 16.6 Å². The number of nitrogens with one attached hydrogen (secondary N) is 2. The number of thiocarbonyl (C=S) groups is 1. The largest absolute Gasteiger partial charge is 0.493 e. The summed E-state index contributed by atoms with van der Waals surface area (Å²) < 4.78 is 10.5. The van der Waals surface area contributed by atoms with Crippen LogP contribution in [0.4, 0.5) is 5.69 Å². The maximum Gasteiger partial charge on any atom is 0.191 e. The van der Waals surface area contributed by atoms with Crippen molar-refractivity contribution >= 4 is 28.7 Å². The van der Waals surface area contributed by atoms with E-state index < -0.39 is 0 Å². The molecule has 132 valence electrons. The number of ether oxygens (including phenoxy) is 2. The lowest BCUT2D eigenvalue weighted by molar-refractivity contribution is 0.355. The molecule has 0 atom stereocenters. The Labute approximate surface area is 154 Å². The molecule has 0 unspecified atom stereocenters. The molecule has 0 aromatic heterocycles. The van der Waals surface area contributed by atoms with Crippen molar-refractivity contribution < 1.29 is 9.47 Å². The van der Waals surface area contributed by atoms with Crippen LogP contribution >= 0.6 is 12.2 Å². The summed E-state index contributed by atoms with van der Waals surface area (Å²) in [5.41, 5.74) is 5.95. The van der Waals surface area contributed by atoms with Crippen molar-refractivity contribution in [2.75, 3.05) is 19.5 Å². The highest BCUT2D eigenvalue weighted by Gasteiger charge is 2.05. The second-order valence-corrected chi connectivity index (χ2v) is 5.88. The van der Waals surface area contributed by atoms with Gasteiger partial charge >= 0.3 is 0 Å². The van der Waals surface area contributed by atoms with Crippen LogP contribution in [0.25, 0.3) is 0 Å². The molecule has 0 aliphatic carbocycles. The first-order valence-corrected chi connectivity index (χ1v) is 8.39. The third-order valence-corrected chi connectivity index (χ3v) is 3.80. The Morgan fingerprint density at radius 3 is 2.44 bits per heavy atom. The van der Waals surface area contributed by atoms with Gasteiger partial charge in [-0.2, -0.15) is 5.10 Å². The molecule has 0 amide bonds.